The van der Waals surface area contributed by atoms with Crippen LogP contribution in [0.5, 0.6) is 0 Å². The molecule has 0 unspecified atom stereocenters. The Bertz CT molecular complexity index is 436. The van der Waals surface area contributed by atoms with Crippen LogP contribution in [0.1, 0.15) is 5.82 Å². The van der Waals surface area contributed by atoms with E-state index in [1.807, 2.05) is 4.57 Å². The number of hydrogen-bond acceptors (Lipinski definition) is 4. The number of halogens is 2. The molecule has 1 heterocycles. The van der Waals surface area contributed by atoms with Gasteiger partial charge in [0.05, 0.1) is 13.2 Å². The lowest BCUT2D eigenvalue weighted by Crippen LogP contribution is -2.22. The summed E-state index contributed by atoms with van der Waals surface area (Å²) in [4.78, 5) is 4.43. The van der Waals surface area contributed by atoms with Crippen molar-refractivity contribution in [3.05, 3.63) is 15.0 Å². The molecule has 1 aromatic heterocycles. The van der Waals surface area contributed by atoms with Crippen LogP contribution in [0, 0.1) is 0 Å². The van der Waals surface area contributed by atoms with Crippen LogP contribution < -0.4 is 0 Å². The number of imidazole rings is 1. The number of ether oxygens (including phenoxy) is 3. The van der Waals surface area contributed by atoms with Gasteiger partial charge in [-0.15, -0.1) is 0 Å². The molecule has 0 spiro atoms. The van der Waals surface area contributed by atoms with E-state index in [0.717, 1.165) is 27.7 Å². The van der Waals surface area contributed by atoms with Crippen molar-refractivity contribution < 1.29 is 14.2 Å². The number of methoxy groups -OCH3 is 1. The third-order valence-corrected chi connectivity index (χ3v) is 6.42. The Hall–Kier alpha value is 0.267. The molecule has 0 saturated heterocycles. The molecule has 122 valence electrons. The molecule has 8 heteroatoms. The van der Waals surface area contributed by atoms with Crippen LogP contribution >= 0.6 is 31.9 Å². The van der Waals surface area contributed by atoms with Gasteiger partial charge in [-0.1, -0.05) is 19.6 Å². The molecule has 0 saturated carbocycles. The Labute approximate surface area is 144 Å². The molecule has 1 rings (SSSR count). The van der Waals surface area contributed by atoms with Crippen molar-refractivity contribution in [2.45, 2.75) is 39.0 Å². The van der Waals surface area contributed by atoms with Crippen molar-refractivity contribution in [3.8, 4) is 0 Å². The fraction of sp³-hybridized carbons (Fsp3) is 0.769. The molecule has 0 amide bonds. The number of hydrogen-bond donors (Lipinski definition) is 0. The number of nitrogens with zero attached hydrogens (tertiary/aromatic N) is 2. The predicted molar refractivity (Wildman–Crippen MR) is 93.3 cm³/mol. The Kier molecular flexibility index (Phi) is 8.66. The molecule has 5 nitrogen and oxygen atoms in total. The van der Waals surface area contributed by atoms with Crippen LogP contribution in [-0.4, -0.2) is 44.6 Å². The minimum atomic E-state index is -1.06. The second-order valence-electron chi connectivity index (χ2n) is 5.93. The van der Waals surface area contributed by atoms with Gasteiger partial charge in [-0.2, -0.15) is 0 Å². The summed E-state index contributed by atoms with van der Waals surface area (Å²) in [6.07, 6.45) is 0. The molecule has 0 radical (unpaired) electrons. The topological polar surface area (TPSA) is 45.5 Å². The third-order valence-electron chi connectivity index (χ3n) is 2.83. The van der Waals surface area contributed by atoms with Crippen molar-refractivity contribution in [1.82, 2.24) is 9.55 Å². The normalized spacial score (nSPS) is 12.1. The van der Waals surface area contributed by atoms with Crippen LogP contribution in [-0.2, 0) is 27.5 Å². The third kappa shape index (κ3) is 7.38. The quantitative estimate of drug-likeness (QED) is 0.406. The molecule has 21 heavy (non-hydrogen) atoms. The molecule has 0 atom stereocenters. The Morgan fingerprint density at radius 3 is 2.43 bits per heavy atom. The largest absolute Gasteiger partial charge is 0.382 e. The van der Waals surface area contributed by atoms with E-state index in [9.17, 15) is 0 Å². The van der Waals surface area contributed by atoms with Gasteiger partial charge in [0.1, 0.15) is 28.4 Å². The minimum Gasteiger partial charge on any atom is -0.382 e. The number of rotatable bonds is 10. The lowest BCUT2D eigenvalue weighted by atomic mass is 10.6. The predicted octanol–water partition coefficient (Wildman–Crippen LogP) is 3.88. The van der Waals surface area contributed by atoms with E-state index in [1.165, 1.54) is 0 Å². The number of aromatic nitrogens is 2. The van der Waals surface area contributed by atoms with Crippen molar-refractivity contribution >= 4 is 39.9 Å². The molecule has 0 aliphatic heterocycles. The first kappa shape index (κ1) is 19.3. The molecular formula is C13H24Br2N2O3Si. The SMILES string of the molecule is COCCOCc1nc(Br)c(Br)n1COCC[Si](C)(C)C. The fourth-order valence-corrected chi connectivity index (χ4v) is 3.10. The molecule has 0 aliphatic rings. The van der Waals surface area contributed by atoms with E-state index in [0.29, 0.717) is 26.6 Å². The van der Waals surface area contributed by atoms with E-state index in [2.05, 4.69) is 56.5 Å². The summed E-state index contributed by atoms with van der Waals surface area (Å²) in [7, 11) is 0.600. The van der Waals surface area contributed by atoms with E-state index < -0.39 is 8.07 Å². The van der Waals surface area contributed by atoms with Crippen LogP contribution in [0.3, 0.4) is 0 Å². The van der Waals surface area contributed by atoms with Crippen molar-refractivity contribution in [3.63, 3.8) is 0 Å². The van der Waals surface area contributed by atoms with Crippen LogP contribution in [0.25, 0.3) is 0 Å². The summed E-state index contributed by atoms with van der Waals surface area (Å²) in [5.41, 5.74) is 0. The van der Waals surface area contributed by atoms with Gasteiger partial charge in [-0.05, 0) is 37.9 Å². The first-order chi connectivity index (χ1) is 9.85. The zero-order valence-electron chi connectivity index (χ0n) is 13.1. The first-order valence-corrected chi connectivity index (χ1v) is 12.2. The van der Waals surface area contributed by atoms with Crippen LogP contribution in [0.2, 0.25) is 25.7 Å². The van der Waals surface area contributed by atoms with E-state index in [4.69, 9.17) is 14.2 Å². The Morgan fingerprint density at radius 1 is 1.10 bits per heavy atom. The van der Waals surface area contributed by atoms with Gasteiger partial charge >= 0.3 is 0 Å². The maximum atomic E-state index is 5.78. The highest BCUT2D eigenvalue weighted by atomic mass is 79.9. The summed E-state index contributed by atoms with van der Waals surface area (Å²) >= 11 is 6.94. The van der Waals surface area contributed by atoms with E-state index in [-0.39, 0.29) is 0 Å². The van der Waals surface area contributed by atoms with Gasteiger partial charge in [0.15, 0.2) is 0 Å². The minimum absolute atomic E-state index is 0.435. The van der Waals surface area contributed by atoms with Gasteiger partial charge in [0.25, 0.3) is 0 Å². The highest BCUT2D eigenvalue weighted by Crippen LogP contribution is 2.24. The highest BCUT2D eigenvalue weighted by molar-refractivity contribution is 9.13. The van der Waals surface area contributed by atoms with Crippen molar-refractivity contribution in [1.29, 1.82) is 0 Å². The molecular weight excluding hydrogens is 420 g/mol. The second kappa shape index (κ2) is 9.42. The average molecular weight is 444 g/mol. The second-order valence-corrected chi connectivity index (χ2v) is 13.1. The summed E-state index contributed by atoms with van der Waals surface area (Å²) in [5, 5.41) is 0. The summed E-state index contributed by atoms with van der Waals surface area (Å²) in [5.74, 6) is 0.831. The highest BCUT2D eigenvalue weighted by Gasteiger charge is 2.15. The zero-order valence-corrected chi connectivity index (χ0v) is 17.3. The standard InChI is InChI=1S/C13H24Br2N2O3Si/c1-18-5-6-19-9-11-16-12(14)13(15)17(11)10-20-7-8-21(2,3)4/h5-10H2,1-4H3. The summed E-state index contributed by atoms with van der Waals surface area (Å²) < 4.78 is 19.9. The molecule has 0 fully saturated rings. The van der Waals surface area contributed by atoms with Gasteiger partial charge in [-0.25, -0.2) is 4.98 Å². The summed E-state index contributed by atoms with van der Waals surface area (Å²) in [6.45, 7) is 9.85. The van der Waals surface area contributed by atoms with Gasteiger partial charge in [0.2, 0.25) is 0 Å². The van der Waals surface area contributed by atoms with Crippen LogP contribution in [0.4, 0.5) is 0 Å². The molecule has 0 aliphatic carbocycles. The van der Waals surface area contributed by atoms with E-state index >= 15 is 0 Å². The summed E-state index contributed by atoms with van der Waals surface area (Å²) in [6, 6.07) is 1.15. The molecule has 0 aromatic carbocycles. The molecule has 0 bridgehead atoms. The smallest absolute Gasteiger partial charge is 0.139 e. The lowest BCUT2D eigenvalue weighted by Gasteiger charge is -2.16. The monoisotopic (exact) mass is 442 g/mol. The maximum absolute atomic E-state index is 5.78. The average Bonchev–Trinajstić information content (AvgIpc) is 2.66. The van der Waals surface area contributed by atoms with E-state index in [1.54, 1.807) is 7.11 Å². The van der Waals surface area contributed by atoms with Gasteiger partial charge < -0.3 is 14.2 Å². The van der Waals surface area contributed by atoms with Crippen LogP contribution in [0.15, 0.2) is 9.21 Å². The van der Waals surface area contributed by atoms with Gasteiger partial charge in [-0.3, -0.25) is 4.57 Å². The van der Waals surface area contributed by atoms with Gasteiger partial charge in [0, 0.05) is 21.8 Å². The molecule has 0 N–H and O–H groups in total. The Balaban J connectivity index is 2.51. The Morgan fingerprint density at radius 2 is 1.81 bits per heavy atom. The maximum Gasteiger partial charge on any atom is 0.139 e. The molecule has 1 aromatic rings. The fourth-order valence-electron chi connectivity index (χ4n) is 1.53. The lowest BCUT2D eigenvalue weighted by molar-refractivity contribution is 0.0473. The van der Waals surface area contributed by atoms with Crippen molar-refractivity contribution in [2.24, 2.45) is 0 Å². The van der Waals surface area contributed by atoms with Crippen molar-refractivity contribution in [2.75, 3.05) is 26.9 Å². The first-order valence-electron chi connectivity index (χ1n) is 6.90. The zero-order chi connectivity index (χ0) is 15.9.